The van der Waals surface area contributed by atoms with Gasteiger partial charge in [0, 0.05) is 13.7 Å². The highest BCUT2D eigenvalue weighted by Crippen LogP contribution is 2.20. The Labute approximate surface area is 116 Å². The minimum Gasteiger partial charge on any atom is -0.480 e. The second-order valence-electron chi connectivity index (χ2n) is 4.08. The molecule has 0 saturated carbocycles. The highest BCUT2D eigenvalue weighted by molar-refractivity contribution is 7.13. The number of aliphatic carboxylic acids is 1. The van der Waals surface area contributed by atoms with Gasteiger partial charge in [0.2, 0.25) is 0 Å². The van der Waals surface area contributed by atoms with Crippen molar-refractivity contribution in [3.05, 3.63) is 15.6 Å². The predicted octanol–water partition coefficient (Wildman–Crippen LogP) is 1.53. The highest BCUT2D eigenvalue weighted by Gasteiger charge is 2.22. The number of thiazole rings is 1. The van der Waals surface area contributed by atoms with Crippen LogP contribution >= 0.6 is 11.3 Å². The van der Waals surface area contributed by atoms with E-state index in [0.717, 1.165) is 5.01 Å². The molecule has 1 aromatic heterocycles. The Morgan fingerprint density at radius 3 is 2.68 bits per heavy atom. The van der Waals surface area contributed by atoms with Gasteiger partial charge in [-0.2, -0.15) is 0 Å². The fourth-order valence-electron chi connectivity index (χ4n) is 1.67. The topological polar surface area (TPSA) is 79.7 Å². The van der Waals surface area contributed by atoms with E-state index in [0.29, 0.717) is 30.1 Å². The van der Waals surface area contributed by atoms with Crippen molar-refractivity contribution >= 4 is 23.2 Å². The van der Waals surface area contributed by atoms with Crippen molar-refractivity contribution in [3.8, 4) is 0 Å². The second-order valence-corrected chi connectivity index (χ2v) is 5.16. The van der Waals surface area contributed by atoms with Crippen molar-refractivity contribution in [2.45, 2.75) is 26.9 Å². The summed E-state index contributed by atoms with van der Waals surface area (Å²) in [5, 5.41) is 9.56. The minimum absolute atomic E-state index is 0.276. The van der Waals surface area contributed by atoms with Gasteiger partial charge in [-0.1, -0.05) is 6.92 Å². The molecular weight excluding hydrogens is 268 g/mol. The number of aromatic nitrogens is 1. The van der Waals surface area contributed by atoms with Gasteiger partial charge >= 0.3 is 5.97 Å². The van der Waals surface area contributed by atoms with E-state index in [2.05, 4.69) is 4.98 Å². The van der Waals surface area contributed by atoms with Crippen molar-refractivity contribution in [1.29, 1.82) is 0 Å². The summed E-state index contributed by atoms with van der Waals surface area (Å²) in [4.78, 5) is 29.1. The molecule has 0 radical (unpaired) electrons. The molecule has 0 aliphatic carbocycles. The number of ether oxygens (including phenoxy) is 1. The normalized spacial score (nSPS) is 10.5. The molecule has 0 aromatic carbocycles. The maximum Gasteiger partial charge on any atom is 0.323 e. The second kappa shape index (κ2) is 7.20. The van der Waals surface area contributed by atoms with Crippen LogP contribution in [0.5, 0.6) is 0 Å². The molecule has 106 valence electrons. The zero-order chi connectivity index (χ0) is 14.4. The van der Waals surface area contributed by atoms with Crippen LogP contribution in [0.4, 0.5) is 0 Å². The summed E-state index contributed by atoms with van der Waals surface area (Å²) in [6.07, 6.45) is 0.710. The van der Waals surface area contributed by atoms with E-state index in [4.69, 9.17) is 9.84 Å². The Morgan fingerprint density at radius 1 is 1.47 bits per heavy atom. The molecule has 1 heterocycles. The van der Waals surface area contributed by atoms with Crippen molar-refractivity contribution in [2.75, 3.05) is 20.2 Å². The van der Waals surface area contributed by atoms with Crippen LogP contribution in [0, 0.1) is 6.92 Å². The first kappa shape index (κ1) is 15.6. The van der Waals surface area contributed by atoms with E-state index in [1.54, 1.807) is 14.0 Å². The minimum atomic E-state index is -1.01. The molecule has 1 amide bonds. The van der Waals surface area contributed by atoms with E-state index in [1.165, 1.54) is 16.2 Å². The van der Waals surface area contributed by atoms with Crippen LogP contribution in [-0.4, -0.2) is 47.1 Å². The lowest BCUT2D eigenvalue weighted by atomic mass is 10.3. The predicted molar refractivity (Wildman–Crippen MR) is 71.4 cm³/mol. The molecule has 19 heavy (non-hydrogen) atoms. The molecule has 0 aliphatic heterocycles. The van der Waals surface area contributed by atoms with Gasteiger partial charge in [-0.3, -0.25) is 9.59 Å². The lowest BCUT2D eigenvalue weighted by Crippen LogP contribution is -2.36. The molecule has 7 heteroatoms. The maximum absolute atomic E-state index is 12.3. The molecule has 0 aliphatic rings. The summed E-state index contributed by atoms with van der Waals surface area (Å²) in [6, 6.07) is 0. The Kier molecular flexibility index (Phi) is 5.91. The first-order valence-electron chi connectivity index (χ1n) is 5.95. The number of aryl methyl sites for hydroxylation is 1. The van der Waals surface area contributed by atoms with Crippen molar-refractivity contribution in [2.24, 2.45) is 0 Å². The Hall–Kier alpha value is -1.47. The summed E-state index contributed by atoms with van der Waals surface area (Å²) >= 11 is 1.25. The third-order valence-corrected chi connectivity index (χ3v) is 3.53. The zero-order valence-corrected chi connectivity index (χ0v) is 12.1. The zero-order valence-electron chi connectivity index (χ0n) is 11.3. The number of methoxy groups -OCH3 is 1. The number of nitrogens with zero attached hydrogens (tertiary/aromatic N) is 2. The van der Waals surface area contributed by atoms with Crippen LogP contribution in [0.15, 0.2) is 0 Å². The molecule has 1 N–H and O–H groups in total. The molecule has 0 saturated heterocycles. The lowest BCUT2D eigenvalue weighted by molar-refractivity contribution is -0.137. The lowest BCUT2D eigenvalue weighted by Gasteiger charge is -2.19. The van der Waals surface area contributed by atoms with Crippen LogP contribution < -0.4 is 0 Å². The number of hydrogen-bond donors (Lipinski definition) is 1. The average Bonchev–Trinajstić information content (AvgIpc) is 2.69. The van der Waals surface area contributed by atoms with E-state index < -0.39 is 5.97 Å². The quantitative estimate of drug-likeness (QED) is 0.822. The highest BCUT2D eigenvalue weighted by atomic mass is 32.1. The largest absolute Gasteiger partial charge is 0.480 e. The van der Waals surface area contributed by atoms with Gasteiger partial charge in [0.05, 0.1) is 12.3 Å². The molecule has 1 rings (SSSR count). The fourth-order valence-corrected chi connectivity index (χ4v) is 2.67. The van der Waals surface area contributed by atoms with E-state index >= 15 is 0 Å². The van der Waals surface area contributed by atoms with E-state index in [1.807, 2.05) is 6.92 Å². The summed E-state index contributed by atoms with van der Waals surface area (Å²) in [7, 11) is 1.56. The third-order valence-electron chi connectivity index (χ3n) is 2.41. The van der Waals surface area contributed by atoms with Crippen LogP contribution in [0.1, 0.15) is 33.7 Å². The van der Waals surface area contributed by atoms with Crippen molar-refractivity contribution < 1.29 is 19.4 Å². The monoisotopic (exact) mass is 286 g/mol. The molecular formula is C12H18N2O4S. The van der Waals surface area contributed by atoms with Gasteiger partial charge in [0.1, 0.15) is 16.4 Å². The summed E-state index contributed by atoms with van der Waals surface area (Å²) < 4.78 is 4.98. The van der Waals surface area contributed by atoms with Gasteiger partial charge in [0.15, 0.2) is 0 Å². The van der Waals surface area contributed by atoms with Gasteiger partial charge in [0.25, 0.3) is 5.91 Å². The summed E-state index contributed by atoms with van der Waals surface area (Å²) in [5.41, 5.74) is 0.619. The molecule has 0 unspecified atom stereocenters. The van der Waals surface area contributed by atoms with Gasteiger partial charge in [-0.15, -0.1) is 11.3 Å². The number of rotatable bonds is 7. The number of carbonyl (C=O) groups is 2. The van der Waals surface area contributed by atoms with Gasteiger partial charge in [-0.05, 0) is 13.3 Å². The smallest absolute Gasteiger partial charge is 0.323 e. The van der Waals surface area contributed by atoms with Crippen LogP contribution in [-0.2, 0) is 16.1 Å². The Balaban J connectivity index is 2.91. The van der Waals surface area contributed by atoms with E-state index in [-0.39, 0.29) is 12.5 Å². The van der Waals surface area contributed by atoms with Crippen LogP contribution in [0.25, 0.3) is 0 Å². The van der Waals surface area contributed by atoms with Gasteiger partial charge < -0.3 is 14.7 Å². The fraction of sp³-hybridized carbons (Fsp3) is 0.583. The Morgan fingerprint density at radius 2 is 2.16 bits per heavy atom. The summed E-state index contributed by atoms with van der Waals surface area (Å²) in [5.74, 6) is -1.29. The maximum atomic E-state index is 12.3. The molecule has 0 bridgehead atoms. The standard InChI is InChI=1S/C12H18N2O4S/c1-4-5-14(6-10(15)16)12(17)11-8(2)13-9(19-11)7-18-3/h4-7H2,1-3H3,(H,15,16). The van der Waals surface area contributed by atoms with Crippen LogP contribution in [0.2, 0.25) is 0 Å². The van der Waals surface area contributed by atoms with Crippen molar-refractivity contribution in [1.82, 2.24) is 9.88 Å². The molecule has 0 atom stereocenters. The van der Waals surface area contributed by atoms with Gasteiger partial charge in [-0.25, -0.2) is 4.98 Å². The molecule has 0 fully saturated rings. The first-order chi connectivity index (χ1) is 8.99. The molecule has 1 aromatic rings. The first-order valence-corrected chi connectivity index (χ1v) is 6.77. The SMILES string of the molecule is CCCN(CC(=O)O)C(=O)c1sc(COC)nc1C. The Bertz CT molecular complexity index is 459. The average molecular weight is 286 g/mol. The van der Waals surface area contributed by atoms with E-state index in [9.17, 15) is 9.59 Å². The van der Waals surface area contributed by atoms with Crippen LogP contribution in [0.3, 0.4) is 0 Å². The molecule has 6 nitrogen and oxygen atoms in total. The number of hydrogen-bond acceptors (Lipinski definition) is 5. The number of amides is 1. The van der Waals surface area contributed by atoms with Crippen molar-refractivity contribution in [3.63, 3.8) is 0 Å². The number of carbonyl (C=O) groups excluding carboxylic acids is 1. The molecule has 0 spiro atoms. The summed E-state index contributed by atoms with van der Waals surface area (Å²) in [6.45, 7) is 4.13. The third kappa shape index (κ3) is 4.29. The number of carboxylic acid groups (broad SMARTS) is 1. The number of carboxylic acids is 1.